The van der Waals surface area contributed by atoms with Gasteiger partial charge in [0.25, 0.3) is 0 Å². The van der Waals surface area contributed by atoms with Crippen LogP contribution in [0.15, 0.2) is 54.9 Å². The molecule has 1 amide bonds. The van der Waals surface area contributed by atoms with Gasteiger partial charge in [-0.3, -0.25) is 9.78 Å². The average Bonchev–Trinajstić information content (AvgIpc) is 3.45. The zero-order chi connectivity index (χ0) is 31.9. The molecule has 0 bridgehead atoms. The molecule has 12 heteroatoms. The van der Waals surface area contributed by atoms with Gasteiger partial charge in [0.15, 0.2) is 11.6 Å². The Morgan fingerprint density at radius 2 is 1.89 bits per heavy atom. The van der Waals surface area contributed by atoms with Crippen molar-refractivity contribution in [3.63, 3.8) is 0 Å². The van der Waals surface area contributed by atoms with E-state index in [0.29, 0.717) is 65.2 Å². The van der Waals surface area contributed by atoms with Gasteiger partial charge < -0.3 is 31.1 Å². The Morgan fingerprint density at radius 1 is 1.09 bits per heavy atom. The molecular weight excluding hydrogens is 597 g/mol. The summed E-state index contributed by atoms with van der Waals surface area (Å²) in [7, 11) is 1.58. The van der Waals surface area contributed by atoms with E-state index in [1.807, 2.05) is 43.3 Å². The van der Waals surface area contributed by atoms with Crippen LogP contribution in [-0.2, 0) is 17.9 Å². The molecule has 4 heterocycles. The van der Waals surface area contributed by atoms with E-state index in [0.717, 1.165) is 23.1 Å². The van der Waals surface area contributed by atoms with Gasteiger partial charge in [-0.15, -0.1) is 0 Å². The van der Waals surface area contributed by atoms with Crippen molar-refractivity contribution in [2.24, 2.45) is 0 Å². The Morgan fingerprint density at radius 3 is 2.64 bits per heavy atom. The summed E-state index contributed by atoms with van der Waals surface area (Å²) < 4.78 is 20.9. The number of methoxy groups -OCH3 is 1. The molecule has 1 aliphatic heterocycles. The third kappa shape index (κ3) is 7.74. The van der Waals surface area contributed by atoms with Crippen molar-refractivity contribution in [1.82, 2.24) is 30.9 Å². The highest BCUT2D eigenvalue weighted by molar-refractivity contribution is 6.35. The molecule has 5 N–H and O–H groups in total. The lowest BCUT2D eigenvalue weighted by atomic mass is 10.0. The van der Waals surface area contributed by atoms with Crippen LogP contribution in [0.25, 0.3) is 22.5 Å². The van der Waals surface area contributed by atoms with Gasteiger partial charge in [0.2, 0.25) is 11.8 Å². The highest BCUT2D eigenvalue weighted by atomic mass is 35.5. The third-order valence-electron chi connectivity index (χ3n) is 7.66. The van der Waals surface area contributed by atoms with E-state index in [1.54, 1.807) is 32.5 Å². The summed E-state index contributed by atoms with van der Waals surface area (Å²) in [5, 5.41) is 22.4. The Bertz CT molecular complexity index is 1670. The lowest BCUT2D eigenvalue weighted by molar-refractivity contribution is -0.119. The lowest BCUT2D eigenvalue weighted by Crippen LogP contribution is -2.35. The zero-order valence-corrected chi connectivity index (χ0v) is 26.2. The molecule has 1 aliphatic rings. The molecule has 3 aromatic heterocycles. The Labute approximate surface area is 266 Å². The average molecular weight is 634 g/mol. The van der Waals surface area contributed by atoms with E-state index in [2.05, 4.69) is 31.2 Å². The van der Waals surface area contributed by atoms with Gasteiger partial charge in [-0.2, -0.15) is 0 Å². The van der Waals surface area contributed by atoms with Crippen molar-refractivity contribution in [3.8, 4) is 28.4 Å². The number of pyridine rings is 3. The first kappa shape index (κ1) is 32.2. The number of benzene rings is 1. The Kier molecular flexibility index (Phi) is 10.6. The quantitative estimate of drug-likeness (QED) is 0.139. The smallest absolute Gasteiger partial charge is 0.220 e. The Balaban J connectivity index is 1.36. The van der Waals surface area contributed by atoms with Crippen LogP contribution in [-0.4, -0.2) is 58.3 Å². The molecule has 0 spiro atoms. The summed E-state index contributed by atoms with van der Waals surface area (Å²) in [6.45, 7) is 5.39. The van der Waals surface area contributed by atoms with Crippen molar-refractivity contribution in [2.45, 2.75) is 51.9 Å². The first-order chi connectivity index (χ1) is 21.7. The third-order valence-corrected chi connectivity index (χ3v) is 8.04. The molecule has 236 valence electrons. The summed E-state index contributed by atoms with van der Waals surface area (Å²) >= 11 is 6.97. The van der Waals surface area contributed by atoms with Crippen molar-refractivity contribution < 1.29 is 19.0 Å². The highest BCUT2D eigenvalue weighted by Crippen LogP contribution is 2.38. The molecule has 2 atom stereocenters. The number of aliphatic hydroxyl groups is 1. The fourth-order valence-electron chi connectivity index (χ4n) is 5.25. The van der Waals surface area contributed by atoms with Gasteiger partial charge in [0.05, 0.1) is 29.6 Å². The highest BCUT2D eigenvalue weighted by Gasteiger charge is 2.21. The minimum absolute atomic E-state index is 0.0895. The number of ether oxygens (including phenoxy) is 1. The van der Waals surface area contributed by atoms with Crippen LogP contribution < -0.4 is 26.0 Å². The zero-order valence-electron chi connectivity index (χ0n) is 25.5. The molecular formula is C33H37ClFN7O3. The number of nitrogens with one attached hydrogen (secondary N) is 4. The van der Waals surface area contributed by atoms with Gasteiger partial charge >= 0.3 is 0 Å². The number of anilines is 2. The van der Waals surface area contributed by atoms with Crippen LogP contribution in [0, 0.1) is 12.7 Å². The lowest BCUT2D eigenvalue weighted by Gasteiger charge is -2.16. The first-order valence-electron chi connectivity index (χ1n) is 14.8. The van der Waals surface area contributed by atoms with Crippen LogP contribution in [0.2, 0.25) is 5.02 Å². The maximum Gasteiger partial charge on any atom is 0.220 e. The molecule has 5 rings (SSSR count). The number of carbonyl (C=O) groups excluding carboxylic acids is 1. The maximum absolute atomic E-state index is 15.3. The van der Waals surface area contributed by atoms with E-state index < -0.39 is 11.9 Å². The minimum atomic E-state index is -0.532. The number of aliphatic hydroxyl groups excluding tert-OH is 1. The number of halogens is 2. The van der Waals surface area contributed by atoms with E-state index in [1.165, 1.54) is 0 Å². The van der Waals surface area contributed by atoms with Crippen LogP contribution in [0.1, 0.15) is 36.5 Å². The number of carbonyl (C=O) groups is 1. The molecule has 0 radical (unpaired) electrons. The van der Waals surface area contributed by atoms with Crippen LogP contribution in [0.4, 0.5) is 15.9 Å². The largest absolute Gasteiger partial charge is 0.481 e. The predicted molar refractivity (Wildman–Crippen MR) is 173 cm³/mol. The van der Waals surface area contributed by atoms with Crippen molar-refractivity contribution in [1.29, 1.82) is 0 Å². The van der Waals surface area contributed by atoms with Crippen LogP contribution in [0.3, 0.4) is 0 Å². The predicted octanol–water partition coefficient (Wildman–Crippen LogP) is 4.90. The maximum atomic E-state index is 15.3. The molecule has 0 aliphatic carbocycles. The van der Waals surface area contributed by atoms with E-state index in [4.69, 9.17) is 21.3 Å². The van der Waals surface area contributed by atoms with Gasteiger partial charge in [-0.25, -0.2) is 14.4 Å². The number of hydrogen-bond donors (Lipinski definition) is 5. The molecule has 10 nitrogen and oxygen atoms in total. The normalized spacial score (nSPS) is 15.2. The number of nitrogens with zero attached hydrogens (tertiary/aromatic N) is 3. The molecule has 1 saturated heterocycles. The summed E-state index contributed by atoms with van der Waals surface area (Å²) in [5.74, 6) is 0.192. The molecule has 0 unspecified atom stereocenters. The van der Waals surface area contributed by atoms with Crippen molar-refractivity contribution >= 4 is 29.0 Å². The van der Waals surface area contributed by atoms with Gasteiger partial charge in [-0.1, -0.05) is 29.8 Å². The van der Waals surface area contributed by atoms with Gasteiger partial charge in [0.1, 0.15) is 0 Å². The summed E-state index contributed by atoms with van der Waals surface area (Å²) in [6.07, 6.45) is 4.08. The minimum Gasteiger partial charge on any atom is -0.481 e. The molecule has 0 saturated carbocycles. The number of aromatic nitrogens is 3. The molecule has 45 heavy (non-hydrogen) atoms. The van der Waals surface area contributed by atoms with Crippen molar-refractivity contribution in [2.75, 3.05) is 25.5 Å². The van der Waals surface area contributed by atoms with Gasteiger partial charge in [-0.05, 0) is 50.1 Å². The Hall–Kier alpha value is -4.16. The standard InChI is InChI=1S/C33H37ClFN7O3/c1-19(43)15-36-16-21-11-13-39-32(30(21)35)41-26-6-4-5-24(20(26)2)31-29(34)25(12-14-38-31)27-9-7-22(33(42-27)45-3)17-37-18-23-8-10-28(44)40-23/h4-7,9,11-14,19,23,36-37,43H,8,10,15-18H2,1-3H3,(H,39,41)(H,40,44)/t19-,23+/m1/s1. The van der Waals surface area contributed by atoms with E-state index >= 15 is 4.39 Å². The monoisotopic (exact) mass is 633 g/mol. The van der Waals surface area contributed by atoms with Crippen molar-refractivity contribution in [3.05, 3.63) is 82.4 Å². The molecule has 1 fully saturated rings. The number of amides is 1. The molecule has 4 aromatic rings. The summed E-state index contributed by atoms with van der Waals surface area (Å²) in [5.41, 5.74) is 5.44. The van der Waals surface area contributed by atoms with E-state index in [9.17, 15) is 9.90 Å². The SMILES string of the molecule is COc1nc(-c2ccnc(-c3cccc(Nc4nccc(CNC[C@@H](C)O)c4F)c3C)c2Cl)ccc1CNC[C@@H]1CCC(=O)N1. The first-order valence-corrected chi connectivity index (χ1v) is 15.2. The number of rotatable bonds is 13. The fraction of sp³-hybridized carbons (Fsp3) is 0.333. The van der Waals surface area contributed by atoms with Crippen LogP contribution >= 0.6 is 11.6 Å². The van der Waals surface area contributed by atoms with E-state index in [-0.39, 0.29) is 24.3 Å². The topological polar surface area (TPSA) is 133 Å². The summed E-state index contributed by atoms with van der Waals surface area (Å²) in [4.78, 5) is 25.0. The number of hydrogen-bond acceptors (Lipinski definition) is 9. The molecule has 1 aromatic carbocycles. The second-order valence-corrected chi connectivity index (χ2v) is 11.4. The second-order valence-electron chi connectivity index (χ2n) is 11.0. The second kappa shape index (κ2) is 14.7. The van der Waals surface area contributed by atoms with Gasteiger partial charge in [0, 0.05) is 79.0 Å². The fourth-order valence-corrected chi connectivity index (χ4v) is 5.56. The summed E-state index contributed by atoms with van der Waals surface area (Å²) in [6, 6.07) is 13.0. The van der Waals surface area contributed by atoms with Crippen LogP contribution in [0.5, 0.6) is 5.88 Å².